The second kappa shape index (κ2) is 6.33. The lowest BCUT2D eigenvalue weighted by atomic mass is 10.1. The Balaban J connectivity index is 1.89. The first-order valence-electron chi connectivity index (χ1n) is 7.42. The van der Waals surface area contributed by atoms with E-state index in [-0.39, 0.29) is 0 Å². The van der Waals surface area contributed by atoms with Gasteiger partial charge in [-0.25, -0.2) is 0 Å². The minimum atomic E-state index is 0.911. The van der Waals surface area contributed by atoms with Crippen LogP contribution in [0.25, 0.3) is 0 Å². The van der Waals surface area contributed by atoms with Crippen molar-refractivity contribution in [1.82, 2.24) is 19.8 Å². The molecule has 3 rings (SSSR count). The van der Waals surface area contributed by atoms with Gasteiger partial charge in [0, 0.05) is 51.0 Å². The quantitative estimate of drug-likeness (QED) is 0.741. The van der Waals surface area contributed by atoms with E-state index in [1.54, 1.807) is 0 Å². The highest BCUT2D eigenvalue weighted by molar-refractivity contribution is 5.21. The molecule has 0 N–H and O–H groups in total. The molecule has 0 aliphatic carbocycles. The summed E-state index contributed by atoms with van der Waals surface area (Å²) in [5, 5.41) is 0. The molecule has 0 amide bonds. The number of pyridine rings is 2. The van der Waals surface area contributed by atoms with Crippen molar-refractivity contribution in [3.63, 3.8) is 0 Å². The fraction of sp³-hybridized carbons (Fsp3) is 0.412. The molecule has 4 heteroatoms. The first-order valence-corrected chi connectivity index (χ1v) is 7.42. The summed E-state index contributed by atoms with van der Waals surface area (Å²) in [6.45, 7) is 3.80. The molecule has 3 heterocycles. The van der Waals surface area contributed by atoms with Gasteiger partial charge in [-0.1, -0.05) is 12.1 Å². The Morgan fingerprint density at radius 1 is 0.714 bits per heavy atom. The van der Waals surface area contributed by atoms with Crippen LogP contribution in [0.2, 0.25) is 0 Å². The molecule has 21 heavy (non-hydrogen) atoms. The summed E-state index contributed by atoms with van der Waals surface area (Å²) >= 11 is 0. The van der Waals surface area contributed by atoms with Crippen LogP contribution in [-0.4, -0.2) is 40.4 Å². The third kappa shape index (κ3) is 3.86. The van der Waals surface area contributed by atoms with Gasteiger partial charge in [-0.2, -0.15) is 0 Å². The van der Waals surface area contributed by atoms with Crippen LogP contribution in [0.1, 0.15) is 22.3 Å². The van der Waals surface area contributed by atoms with Crippen LogP contribution >= 0.6 is 0 Å². The van der Waals surface area contributed by atoms with E-state index in [9.17, 15) is 0 Å². The van der Waals surface area contributed by atoms with Crippen LogP contribution < -0.4 is 0 Å². The molecule has 0 saturated heterocycles. The second-order valence-electron chi connectivity index (χ2n) is 6.06. The molecule has 4 nitrogen and oxygen atoms in total. The number of rotatable bonds is 0. The summed E-state index contributed by atoms with van der Waals surface area (Å²) in [6.07, 6.45) is 8.93. The lowest BCUT2D eigenvalue weighted by molar-refractivity contribution is 0.317. The van der Waals surface area contributed by atoms with Crippen LogP contribution in [0.3, 0.4) is 0 Å². The molecule has 1 aliphatic rings. The molecule has 2 aromatic rings. The zero-order valence-electron chi connectivity index (χ0n) is 12.8. The zero-order chi connectivity index (χ0) is 14.7. The molecule has 0 atom stereocenters. The molecule has 1 aliphatic heterocycles. The van der Waals surface area contributed by atoms with Crippen LogP contribution in [0.4, 0.5) is 0 Å². The van der Waals surface area contributed by atoms with Crippen LogP contribution in [0, 0.1) is 0 Å². The van der Waals surface area contributed by atoms with Gasteiger partial charge in [-0.05, 0) is 42.8 Å². The summed E-state index contributed by atoms with van der Waals surface area (Å²) in [7, 11) is 4.31. The van der Waals surface area contributed by atoms with Crippen LogP contribution in [-0.2, 0) is 26.1 Å². The summed E-state index contributed by atoms with van der Waals surface area (Å²) < 4.78 is 0. The molecule has 0 spiro atoms. The van der Waals surface area contributed by atoms with Gasteiger partial charge >= 0.3 is 0 Å². The number of nitrogens with zero attached hydrogens (tertiary/aromatic N) is 4. The van der Waals surface area contributed by atoms with Gasteiger partial charge < -0.3 is 4.90 Å². The van der Waals surface area contributed by atoms with Crippen molar-refractivity contribution in [1.29, 1.82) is 0 Å². The van der Waals surface area contributed by atoms with Crippen molar-refractivity contribution >= 4 is 0 Å². The average molecular weight is 282 g/mol. The molecule has 110 valence electrons. The topological polar surface area (TPSA) is 32.3 Å². The minimum Gasteiger partial charge on any atom is -0.302 e. The molecule has 0 unspecified atom stereocenters. The van der Waals surface area contributed by atoms with Crippen LogP contribution in [0.5, 0.6) is 0 Å². The van der Waals surface area contributed by atoms with Gasteiger partial charge in [-0.15, -0.1) is 0 Å². The Bertz CT molecular complexity index is 611. The molecule has 0 radical (unpaired) electrons. The first kappa shape index (κ1) is 14.2. The predicted molar refractivity (Wildman–Crippen MR) is 83.7 cm³/mol. The summed E-state index contributed by atoms with van der Waals surface area (Å²) in [5.74, 6) is 0. The first-order chi connectivity index (χ1) is 10.2. The van der Waals surface area contributed by atoms with Crippen molar-refractivity contribution < 1.29 is 0 Å². The maximum atomic E-state index is 4.39. The van der Waals surface area contributed by atoms with E-state index in [1.807, 2.05) is 24.8 Å². The van der Waals surface area contributed by atoms with Crippen molar-refractivity contribution in [3.8, 4) is 0 Å². The number of likely N-dealkylation sites (N-methyl/N-ethyl adjacent to an activating group) is 1. The SMILES string of the molecule is CN1CCc2cncc(c2)CN(C)Cc2cncc(c2)C1. The largest absolute Gasteiger partial charge is 0.302 e. The van der Waals surface area contributed by atoms with E-state index >= 15 is 0 Å². The van der Waals surface area contributed by atoms with Crippen molar-refractivity contribution in [2.24, 2.45) is 0 Å². The number of aromatic nitrogens is 2. The van der Waals surface area contributed by atoms with E-state index in [0.717, 1.165) is 32.6 Å². The molecular weight excluding hydrogens is 260 g/mol. The Kier molecular flexibility index (Phi) is 4.27. The van der Waals surface area contributed by atoms with E-state index < -0.39 is 0 Å². The van der Waals surface area contributed by atoms with E-state index in [0.29, 0.717) is 0 Å². The fourth-order valence-corrected chi connectivity index (χ4v) is 2.87. The Labute approximate surface area is 126 Å². The third-order valence-electron chi connectivity index (χ3n) is 3.84. The lowest BCUT2D eigenvalue weighted by Crippen LogP contribution is -2.21. The molecule has 4 bridgehead atoms. The van der Waals surface area contributed by atoms with Crippen LogP contribution in [0.15, 0.2) is 36.9 Å². The third-order valence-corrected chi connectivity index (χ3v) is 3.84. The average Bonchev–Trinajstić information content (AvgIpc) is 2.45. The number of hydrogen-bond donors (Lipinski definition) is 0. The maximum absolute atomic E-state index is 4.39. The summed E-state index contributed by atoms with van der Waals surface area (Å²) in [6, 6.07) is 4.55. The highest BCUT2D eigenvalue weighted by Gasteiger charge is 2.08. The van der Waals surface area contributed by atoms with E-state index in [4.69, 9.17) is 0 Å². The minimum absolute atomic E-state index is 0.911. The standard InChI is InChI=1S/C17H22N4/c1-20-4-3-14-5-15(8-18-7-14)12-21(2)13-17-6-16(11-20)9-19-10-17/h5-10H,3-4,11-13H2,1-2H3. The van der Waals surface area contributed by atoms with E-state index in [2.05, 4.69) is 46.0 Å². The second-order valence-corrected chi connectivity index (χ2v) is 6.06. The maximum Gasteiger partial charge on any atom is 0.0313 e. The molecule has 0 fully saturated rings. The summed E-state index contributed by atoms with van der Waals surface area (Å²) in [5.41, 5.74) is 5.15. The Hall–Kier alpha value is -1.78. The predicted octanol–water partition coefficient (Wildman–Crippen LogP) is 2.10. The fourth-order valence-electron chi connectivity index (χ4n) is 2.87. The lowest BCUT2D eigenvalue weighted by Gasteiger charge is -2.17. The van der Waals surface area contributed by atoms with Gasteiger partial charge in [-0.3, -0.25) is 14.9 Å². The zero-order valence-corrected chi connectivity index (χ0v) is 12.8. The summed E-state index contributed by atoms with van der Waals surface area (Å²) in [4.78, 5) is 13.4. The monoisotopic (exact) mass is 282 g/mol. The number of fused-ring (bicyclic) bond motifs is 4. The van der Waals surface area contributed by atoms with E-state index in [1.165, 1.54) is 22.3 Å². The highest BCUT2D eigenvalue weighted by Crippen LogP contribution is 2.13. The normalized spacial score (nSPS) is 17.6. The van der Waals surface area contributed by atoms with Gasteiger partial charge in [0.2, 0.25) is 0 Å². The molecule has 2 aromatic heterocycles. The molecule has 0 saturated carbocycles. The van der Waals surface area contributed by atoms with Crippen molar-refractivity contribution in [2.75, 3.05) is 20.6 Å². The van der Waals surface area contributed by atoms with Gasteiger partial charge in [0.05, 0.1) is 0 Å². The number of hydrogen-bond acceptors (Lipinski definition) is 4. The molecule has 0 aromatic carbocycles. The Morgan fingerprint density at radius 2 is 1.19 bits per heavy atom. The highest BCUT2D eigenvalue weighted by atomic mass is 15.1. The van der Waals surface area contributed by atoms with Gasteiger partial charge in [0.25, 0.3) is 0 Å². The van der Waals surface area contributed by atoms with Crippen molar-refractivity contribution in [3.05, 3.63) is 59.2 Å². The van der Waals surface area contributed by atoms with Crippen molar-refractivity contribution in [2.45, 2.75) is 26.1 Å². The van der Waals surface area contributed by atoms with Gasteiger partial charge in [0.15, 0.2) is 0 Å². The molecular formula is C17H22N4. The Morgan fingerprint density at radius 3 is 1.81 bits per heavy atom. The smallest absolute Gasteiger partial charge is 0.0313 e. The van der Waals surface area contributed by atoms with Gasteiger partial charge in [0.1, 0.15) is 0 Å².